The summed E-state index contributed by atoms with van der Waals surface area (Å²) >= 11 is 0. The third-order valence-corrected chi connectivity index (χ3v) is 5.10. The number of hydrogen-bond donors (Lipinski definition) is 2. The van der Waals surface area contributed by atoms with Gasteiger partial charge in [-0.15, -0.1) is 12.4 Å². The molecule has 1 heterocycles. The highest BCUT2D eigenvalue weighted by atomic mass is 35.5. The van der Waals surface area contributed by atoms with E-state index in [0.29, 0.717) is 12.1 Å². The number of carbonyl (C=O) groups excluding carboxylic acids is 3. The molecule has 0 aliphatic rings. The number of nitrogens with zero attached hydrogens (tertiary/aromatic N) is 2. The molecule has 0 aliphatic carbocycles. The molecule has 0 spiro atoms. The van der Waals surface area contributed by atoms with Crippen molar-refractivity contribution in [3.8, 4) is 0 Å². The van der Waals surface area contributed by atoms with E-state index in [0.717, 1.165) is 36.4 Å². The van der Waals surface area contributed by atoms with Crippen molar-refractivity contribution >= 4 is 52.6 Å². The summed E-state index contributed by atoms with van der Waals surface area (Å²) in [5.74, 6) is -1.63. The van der Waals surface area contributed by atoms with Crippen LogP contribution in [0.4, 0.5) is 33.7 Å². The number of carbonyl (C=O) groups is 3. The van der Waals surface area contributed by atoms with Crippen LogP contribution >= 0.6 is 12.4 Å². The molecular formula is C24H25ClF4N4O4. The van der Waals surface area contributed by atoms with Gasteiger partial charge in [0, 0.05) is 30.2 Å². The molecule has 37 heavy (non-hydrogen) atoms. The van der Waals surface area contributed by atoms with Crippen LogP contribution in [0.3, 0.4) is 0 Å². The van der Waals surface area contributed by atoms with E-state index in [9.17, 15) is 31.9 Å². The van der Waals surface area contributed by atoms with Crippen molar-refractivity contribution in [2.24, 2.45) is 0 Å². The zero-order valence-electron chi connectivity index (χ0n) is 19.9. The van der Waals surface area contributed by atoms with Crippen molar-refractivity contribution < 1.29 is 36.7 Å². The molecule has 0 bridgehead atoms. The lowest BCUT2D eigenvalue weighted by atomic mass is 10.2. The van der Waals surface area contributed by atoms with Gasteiger partial charge in [0.25, 0.3) is 0 Å². The highest BCUT2D eigenvalue weighted by Crippen LogP contribution is 2.30. The van der Waals surface area contributed by atoms with Gasteiger partial charge in [0.05, 0.1) is 23.2 Å². The topological polar surface area (TPSA) is 92.7 Å². The first-order valence-corrected chi connectivity index (χ1v) is 10.8. The summed E-state index contributed by atoms with van der Waals surface area (Å²) in [5.41, 5.74) is -0.380. The van der Waals surface area contributed by atoms with Gasteiger partial charge in [0.2, 0.25) is 5.91 Å². The zero-order valence-corrected chi connectivity index (χ0v) is 20.7. The number of hydrogen-bond acceptors (Lipinski definition) is 5. The lowest BCUT2D eigenvalue weighted by Crippen LogP contribution is -2.21. The Labute approximate surface area is 216 Å². The van der Waals surface area contributed by atoms with Crippen molar-refractivity contribution in [3.05, 3.63) is 60.0 Å². The normalized spacial score (nSPS) is 11.2. The fourth-order valence-electron chi connectivity index (χ4n) is 3.28. The molecule has 2 N–H and O–H groups in total. The monoisotopic (exact) mass is 544 g/mol. The molecule has 200 valence electrons. The SMILES string of the molecule is CN(C)CCOC(=O)CCC(=O)n1cc(NC(=O)Nc2ccc(C(F)(F)F)cc2)c2cc(F)ccc21.Cl. The van der Waals surface area contributed by atoms with Crippen LogP contribution < -0.4 is 10.6 Å². The Balaban J connectivity index is 0.00000481. The number of fused-ring (bicyclic) bond motifs is 1. The summed E-state index contributed by atoms with van der Waals surface area (Å²) in [4.78, 5) is 38.9. The molecule has 0 saturated heterocycles. The highest BCUT2D eigenvalue weighted by Gasteiger charge is 2.30. The lowest BCUT2D eigenvalue weighted by Gasteiger charge is -2.10. The number of aromatic nitrogens is 1. The van der Waals surface area contributed by atoms with Crippen LogP contribution in [-0.4, -0.2) is 54.6 Å². The Morgan fingerprint density at radius 2 is 1.68 bits per heavy atom. The number of nitrogens with one attached hydrogen (secondary N) is 2. The molecule has 2 amide bonds. The average Bonchev–Trinajstić information content (AvgIpc) is 3.14. The molecule has 0 radical (unpaired) electrons. The predicted molar refractivity (Wildman–Crippen MR) is 133 cm³/mol. The van der Waals surface area contributed by atoms with Crippen LogP contribution in [0.2, 0.25) is 0 Å². The fourth-order valence-corrected chi connectivity index (χ4v) is 3.28. The first kappa shape index (κ1) is 29.6. The van der Waals surface area contributed by atoms with Gasteiger partial charge in [0.1, 0.15) is 12.4 Å². The zero-order chi connectivity index (χ0) is 26.5. The number of urea groups is 1. The van der Waals surface area contributed by atoms with Crippen LogP contribution in [0.15, 0.2) is 48.7 Å². The number of halogens is 5. The van der Waals surface area contributed by atoms with E-state index in [1.54, 1.807) is 0 Å². The molecule has 1 aromatic heterocycles. The van der Waals surface area contributed by atoms with Crippen molar-refractivity contribution in [3.63, 3.8) is 0 Å². The smallest absolute Gasteiger partial charge is 0.416 e. The number of likely N-dealkylation sites (N-methyl/N-ethyl adjacent to an activating group) is 1. The van der Waals surface area contributed by atoms with Crippen molar-refractivity contribution in [1.29, 1.82) is 0 Å². The van der Waals surface area contributed by atoms with Gasteiger partial charge in [-0.1, -0.05) is 0 Å². The largest absolute Gasteiger partial charge is 0.464 e. The van der Waals surface area contributed by atoms with E-state index in [1.807, 2.05) is 19.0 Å². The van der Waals surface area contributed by atoms with Crippen molar-refractivity contribution in [1.82, 2.24) is 9.47 Å². The number of amides is 2. The van der Waals surface area contributed by atoms with E-state index in [1.165, 1.54) is 16.8 Å². The van der Waals surface area contributed by atoms with Gasteiger partial charge in [0.15, 0.2) is 0 Å². The summed E-state index contributed by atoms with van der Waals surface area (Å²) in [6.45, 7) is 0.727. The maximum Gasteiger partial charge on any atom is 0.416 e. The molecule has 0 fully saturated rings. The molecule has 2 aromatic carbocycles. The minimum Gasteiger partial charge on any atom is -0.464 e. The van der Waals surface area contributed by atoms with Gasteiger partial charge in [-0.2, -0.15) is 13.2 Å². The first-order valence-electron chi connectivity index (χ1n) is 10.8. The van der Waals surface area contributed by atoms with E-state index in [-0.39, 0.29) is 48.6 Å². The Morgan fingerprint density at radius 1 is 1.00 bits per heavy atom. The Bertz CT molecular complexity index is 1260. The Morgan fingerprint density at radius 3 is 2.30 bits per heavy atom. The fraction of sp³-hybridized carbons (Fsp3) is 0.292. The summed E-state index contributed by atoms with van der Waals surface area (Å²) in [5, 5.41) is 5.08. The van der Waals surface area contributed by atoms with Crippen molar-refractivity contribution in [2.75, 3.05) is 37.9 Å². The number of rotatable bonds is 8. The number of ether oxygens (including phenoxy) is 1. The standard InChI is InChI=1S/C24H24F4N4O4.ClH/c1-31(2)11-12-36-22(34)10-9-21(33)32-14-19(18-13-16(25)5-8-20(18)32)30-23(35)29-17-6-3-15(4-7-17)24(26,27)28;/h3-8,13-14H,9-12H2,1-2H3,(H2,29,30,35);1H. The molecule has 0 unspecified atom stereocenters. The minimum atomic E-state index is -4.51. The maximum absolute atomic E-state index is 13.9. The average molecular weight is 545 g/mol. The number of alkyl halides is 3. The Kier molecular flexibility index (Phi) is 10.0. The number of anilines is 2. The maximum atomic E-state index is 13.9. The number of benzene rings is 2. The van der Waals surface area contributed by atoms with E-state index < -0.39 is 35.5 Å². The van der Waals surface area contributed by atoms with E-state index >= 15 is 0 Å². The molecule has 8 nitrogen and oxygen atoms in total. The van der Waals surface area contributed by atoms with Gasteiger partial charge in [-0.25, -0.2) is 9.18 Å². The first-order chi connectivity index (χ1) is 16.9. The third-order valence-electron chi connectivity index (χ3n) is 5.10. The van der Waals surface area contributed by atoms with Gasteiger partial charge in [-0.05, 0) is 56.6 Å². The lowest BCUT2D eigenvalue weighted by molar-refractivity contribution is -0.144. The van der Waals surface area contributed by atoms with E-state index in [4.69, 9.17) is 4.74 Å². The van der Waals surface area contributed by atoms with Crippen LogP contribution in [0.5, 0.6) is 0 Å². The molecule has 3 rings (SSSR count). The molecule has 0 aliphatic heterocycles. The highest BCUT2D eigenvalue weighted by molar-refractivity contribution is 6.08. The molecule has 0 atom stereocenters. The summed E-state index contributed by atoms with van der Waals surface area (Å²) in [6.07, 6.45) is -3.57. The van der Waals surface area contributed by atoms with Gasteiger partial charge >= 0.3 is 18.2 Å². The summed E-state index contributed by atoms with van der Waals surface area (Å²) < 4.78 is 58.3. The van der Waals surface area contributed by atoms with Crippen molar-refractivity contribution in [2.45, 2.75) is 19.0 Å². The van der Waals surface area contributed by atoms with Crippen LogP contribution in [-0.2, 0) is 15.7 Å². The van der Waals surface area contributed by atoms with Gasteiger partial charge in [-0.3, -0.25) is 14.2 Å². The molecular weight excluding hydrogens is 520 g/mol. The number of esters is 1. The second kappa shape index (κ2) is 12.5. The van der Waals surface area contributed by atoms with Crippen LogP contribution in [0, 0.1) is 5.82 Å². The van der Waals surface area contributed by atoms with Crippen LogP contribution in [0.1, 0.15) is 23.2 Å². The third kappa shape index (κ3) is 8.19. The quantitative estimate of drug-likeness (QED) is 0.293. The van der Waals surface area contributed by atoms with Crippen LogP contribution in [0.25, 0.3) is 10.9 Å². The molecule has 3 aromatic rings. The summed E-state index contributed by atoms with van der Waals surface area (Å²) in [7, 11) is 3.65. The second-order valence-electron chi connectivity index (χ2n) is 8.15. The molecule has 0 saturated carbocycles. The molecule has 13 heteroatoms. The predicted octanol–water partition coefficient (Wildman–Crippen LogP) is 5.39. The minimum absolute atomic E-state index is 0. The van der Waals surface area contributed by atoms with Gasteiger partial charge < -0.3 is 20.3 Å². The summed E-state index contributed by atoms with van der Waals surface area (Å²) in [6, 6.07) is 6.64. The van der Waals surface area contributed by atoms with E-state index in [2.05, 4.69) is 10.6 Å². The second-order valence-corrected chi connectivity index (χ2v) is 8.15. The Hall–Kier alpha value is -3.64.